The second-order valence-electron chi connectivity index (χ2n) is 6.39. The lowest BCUT2D eigenvalue weighted by atomic mass is 9.95. The van der Waals surface area contributed by atoms with Gasteiger partial charge in [0.1, 0.15) is 17.7 Å². The molecular formula is C16H29N3O2. The number of hydrogen-bond donors (Lipinski definition) is 1. The Morgan fingerprint density at radius 2 is 1.90 bits per heavy atom. The van der Waals surface area contributed by atoms with Gasteiger partial charge in [-0.3, -0.25) is 0 Å². The standard InChI is InChI=1S/C16H29N3O2/c1-8-9-17-13-12(3)14(21-11(2)10-20-7)19-15(18-13)16(4,5)6/h11H,8-10H2,1-7H3,(H,17,18,19). The number of methoxy groups -OCH3 is 1. The molecule has 1 heterocycles. The van der Waals surface area contributed by atoms with Crippen molar-refractivity contribution in [2.75, 3.05) is 25.6 Å². The van der Waals surface area contributed by atoms with E-state index < -0.39 is 0 Å². The molecule has 120 valence electrons. The lowest BCUT2D eigenvalue weighted by Crippen LogP contribution is -2.23. The van der Waals surface area contributed by atoms with Gasteiger partial charge in [-0.2, -0.15) is 4.98 Å². The van der Waals surface area contributed by atoms with E-state index in [0.717, 1.165) is 30.2 Å². The van der Waals surface area contributed by atoms with Crippen LogP contribution in [-0.4, -0.2) is 36.3 Å². The van der Waals surface area contributed by atoms with Gasteiger partial charge in [-0.25, -0.2) is 4.98 Å². The van der Waals surface area contributed by atoms with Crippen LogP contribution in [0.2, 0.25) is 0 Å². The molecule has 1 aromatic heterocycles. The van der Waals surface area contributed by atoms with Crippen LogP contribution >= 0.6 is 0 Å². The SMILES string of the molecule is CCCNc1nc(C(C)(C)C)nc(OC(C)COC)c1C. The van der Waals surface area contributed by atoms with Crippen LogP contribution in [0, 0.1) is 6.92 Å². The topological polar surface area (TPSA) is 56.3 Å². The van der Waals surface area contributed by atoms with Crippen molar-refractivity contribution in [2.24, 2.45) is 0 Å². The molecule has 1 aromatic rings. The quantitative estimate of drug-likeness (QED) is 0.836. The van der Waals surface area contributed by atoms with Crippen molar-refractivity contribution in [1.82, 2.24) is 9.97 Å². The highest BCUT2D eigenvalue weighted by atomic mass is 16.5. The van der Waals surface area contributed by atoms with Crippen LogP contribution in [0.1, 0.15) is 52.4 Å². The zero-order valence-electron chi connectivity index (χ0n) is 14.4. The van der Waals surface area contributed by atoms with Gasteiger partial charge < -0.3 is 14.8 Å². The van der Waals surface area contributed by atoms with Crippen molar-refractivity contribution in [2.45, 2.75) is 59.5 Å². The number of anilines is 1. The largest absolute Gasteiger partial charge is 0.472 e. The molecule has 1 unspecified atom stereocenters. The maximum absolute atomic E-state index is 5.93. The Labute approximate surface area is 128 Å². The van der Waals surface area contributed by atoms with E-state index in [0.29, 0.717) is 12.5 Å². The highest BCUT2D eigenvalue weighted by molar-refractivity contribution is 5.49. The highest BCUT2D eigenvalue weighted by Gasteiger charge is 2.22. The number of nitrogens with zero attached hydrogens (tertiary/aromatic N) is 2. The molecular weight excluding hydrogens is 266 g/mol. The molecule has 5 heteroatoms. The number of rotatable bonds is 7. The van der Waals surface area contributed by atoms with Gasteiger partial charge in [-0.15, -0.1) is 0 Å². The molecule has 0 amide bonds. The first-order valence-corrected chi connectivity index (χ1v) is 7.58. The summed E-state index contributed by atoms with van der Waals surface area (Å²) < 4.78 is 11.1. The van der Waals surface area contributed by atoms with Gasteiger partial charge in [0.05, 0.1) is 12.2 Å². The Morgan fingerprint density at radius 1 is 1.24 bits per heavy atom. The monoisotopic (exact) mass is 295 g/mol. The Balaban J connectivity index is 3.14. The Kier molecular flexibility index (Phi) is 6.40. The first kappa shape index (κ1) is 17.7. The van der Waals surface area contributed by atoms with Crippen LogP contribution in [0.15, 0.2) is 0 Å². The summed E-state index contributed by atoms with van der Waals surface area (Å²) >= 11 is 0. The zero-order chi connectivity index (χ0) is 16.0. The maximum atomic E-state index is 5.93. The molecule has 0 bridgehead atoms. The third-order valence-corrected chi connectivity index (χ3v) is 3.03. The summed E-state index contributed by atoms with van der Waals surface area (Å²) in [6.45, 7) is 13.8. The fraction of sp³-hybridized carbons (Fsp3) is 0.750. The first-order chi connectivity index (χ1) is 9.79. The van der Waals surface area contributed by atoms with Gasteiger partial charge in [-0.1, -0.05) is 27.7 Å². The highest BCUT2D eigenvalue weighted by Crippen LogP contribution is 2.28. The summed E-state index contributed by atoms with van der Waals surface area (Å²) in [5.74, 6) is 2.28. The molecule has 0 fully saturated rings. The van der Waals surface area contributed by atoms with E-state index in [1.54, 1.807) is 7.11 Å². The van der Waals surface area contributed by atoms with E-state index in [-0.39, 0.29) is 11.5 Å². The van der Waals surface area contributed by atoms with Crippen molar-refractivity contribution in [3.8, 4) is 5.88 Å². The second-order valence-corrected chi connectivity index (χ2v) is 6.39. The summed E-state index contributed by atoms with van der Waals surface area (Å²) in [4.78, 5) is 9.27. The lowest BCUT2D eigenvalue weighted by molar-refractivity contribution is 0.0880. The molecule has 0 saturated heterocycles. The van der Waals surface area contributed by atoms with E-state index in [2.05, 4.69) is 43.0 Å². The summed E-state index contributed by atoms with van der Waals surface area (Å²) in [7, 11) is 1.67. The van der Waals surface area contributed by atoms with Crippen LogP contribution < -0.4 is 10.1 Å². The summed E-state index contributed by atoms with van der Waals surface area (Å²) in [6, 6.07) is 0. The van der Waals surface area contributed by atoms with Crippen LogP contribution in [0.5, 0.6) is 5.88 Å². The van der Waals surface area contributed by atoms with Crippen LogP contribution in [0.25, 0.3) is 0 Å². The van der Waals surface area contributed by atoms with Crippen molar-refractivity contribution < 1.29 is 9.47 Å². The summed E-state index contributed by atoms with van der Waals surface area (Å²) in [5.41, 5.74) is 0.818. The number of nitrogens with one attached hydrogen (secondary N) is 1. The third-order valence-electron chi connectivity index (χ3n) is 3.03. The van der Waals surface area contributed by atoms with Gasteiger partial charge in [0.2, 0.25) is 5.88 Å². The van der Waals surface area contributed by atoms with E-state index in [1.165, 1.54) is 0 Å². The van der Waals surface area contributed by atoms with Gasteiger partial charge in [0.25, 0.3) is 0 Å². The predicted molar refractivity (Wildman–Crippen MR) is 86.2 cm³/mol. The van der Waals surface area contributed by atoms with Gasteiger partial charge in [0, 0.05) is 19.1 Å². The van der Waals surface area contributed by atoms with Crippen LogP contribution in [0.4, 0.5) is 5.82 Å². The van der Waals surface area contributed by atoms with Crippen molar-refractivity contribution in [3.05, 3.63) is 11.4 Å². The number of ether oxygens (including phenoxy) is 2. The average Bonchev–Trinajstić information content (AvgIpc) is 2.38. The van der Waals surface area contributed by atoms with E-state index in [9.17, 15) is 0 Å². The minimum atomic E-state index is -0.126. The van der Waals surface area contributed by atoms with E-state index in [4.69, 9.17) is 9.47 Å². The van der Waals surface area contributed by atoms with Gasteiger partial charge in [0.15, 0.2) is 0 Å². The van der Waals surface area contributed by atoms with Crippen molar-refractivity contribution >= 4 is 5.82 Å². The molecule has 5 nitrogen and oxygen atoms in total. The van der Waals surface area contributed by atoms with Crippen molar-refractivity contribution in [1.29, 1.82) is 0 Å². The average molecular weight is 295 g/mol. The van der Waals surface area contributed by atoms with Gasteiger partial charge >= 0.3 is 0 Å². The maximum Gasteiger partial charge on any atom is 0.222 e. The number of aromatic nitrogens is 2. The molecule has 0 aliphatic rings. The van der Waals surface area contributed by atoms with E-state index in [1.807, 2.05) is 13.8 Å². The molecule has 0 aliphatic carbocycles. The fourth-order valence-corrected chi connectivity index (χ4v) is 1.82. The van der Waals surface area contributed by atoms with Gasteiger partial charge in [-0.05, 0) is 20.3 Å². The minimum absolute atomic E-state index is 0.0459. The second kappa shape index (κ2) is 7.59. The molecule has 0 aliphatic heterocycles. The summed E-state index contributed by atoms with van der Waals surface area (Å²) in [6.07, 6.45) is 1.00. The molecule has 0 radical (unpaired) electrons. The molecule has 1 rings (SSSR count). The lowest BCUT2D eigenvalue weighted by Gasteiger charge is -2.22. The third kappa shape index (κ3) is 5.16. The molecule has 0 aromatic carbocycles. The Bertz CT molecular complexity index is 456. The van der Waals surface area contributed by atoms with Crippen molar-refractivity contribution in [3.63, 3.8) is 0 Å². The van der Waals surface area contributed by atoms with Crippen LogP contribution in [-0.2, 0) is 10.2 Å². The molecule has 1 atom stereocenters. The zero-order valence-corrected chi connectivity index (χ0v) is 14.4. The predicted octanol–water partition coefficient (Wildman–Crippen LogP) is 3.32. The molecule has 21 heavy (non-hydrogen) atoms. The number of hydrogen-bond acceptors (Lipinski definition) is 5. The molecule has 1 N–H and O–H groups in total. The molecule has 0 saturated carbocycles. The fourth-order valence-electron chi connectivity index (χ4n) is 1.82. The smallest absolute Gasteiger partial charge is 0.222 e. The molecule has 0 spiro atoms. The first-order valence-electron chi connectivity index (χ1n) is 7.58. The van der Waals surface area contributed by atoms with E-state index >= 15 is 0 Å². The van der Waals surface area contributed by atoms with Crippen LogP contribution in [0.3, 0.4) is 0 Å². The Hall–Kier alpha value is -1.36. The Morgan fingerprint density at radius 3 is 2.43 bits per heavy atom. The minimum Gasteiger partial charge on any atom is -0.472 e. The summed E-state index contributed by atoms with van der Waals surface area (Å²) in [5, 5.41) is 3.36. The normalized spacial score (nSPS) is 13.1.